The molecule has 1 amide bonds. The molecule has 2 nitrogen and oxygen atoms in total. The summed E-state index contributed by atoms with van der Waals surface area (Å²) in [6.07, 6.45) is -2.97. The molecule has 30 heavy (non-hydrogen) atoms. The first-order valence-corrected chi connectivity index (χ1v) is 8.80. The van der Waals surface area contributed by atoms with Gasteiger partial charge in [0.2, 0.25) is 0 Å². The van der Waals surface area contributed by atoms with Gasteiger partial charge in [0.25, 0.3) is 5.91 Å². The number of nitrogens with one attached hydrogen (secondary N) is 1. The van der Waals surface area contributed by atoms with Crippen molar-refractivity contribution in [2.75, 3.05) is 0 Å². The van der Waals surface area contributed by atoms with Crippen LogP contribution in [0, 0.1) is 17.8 Å². The molecule has 2 rings (SSSR count). The van der Waals surface area contributed by atoms with Gasteiger partial charge >= 0.3 is 36.0 Å². The van der Waals surface area contributed by atoms with E-state index in [9.17, 15) is 57.5 Å². The zero-order valence-corrected chi connectivity index (χ0v) is 15.2. The third-order valence-electron chi connectivity index (χ3n) is 5.95. The van der Waals surface area contributed by atoms with Crippen LogP contribution >= 0.6 is 0 Å². The molecule has 2 bridgehead atoms. The molecule has 2 aliphatic carbocycles. The molecule has 2 saturated carbocycles. The Morgan fingerprint density at radius 3 is 1.77 bits per heavy atom. The molecule has 4 atom stereocenters. The number of carbonyl (C=O) groups excluding carboxylic acids is 1. The van der Waals surface area contributed by atoms with Gasteiger partial charge < -0.3 is 5.32 Å². The first-order chi connectivity index (χ1) is 13.3. The Morgan fingerprint density at radius 2 is 1.37 bits per heavy atom. The summed E-state index contributed by atoms with van der Waals surface area (Å²) in [6, 6.07) is -1.23. The third-order valence-corrected chi connectivity index (χ3v) is 5.95. The van der Waals surface area contributed by atoms with E-state index in [1.165, 1.54) is 5.32 Å². The smallest absolute Gasteiger partial charge is 0.348 e. The van der Waals surface area contributed by atoms with Crippen LogP contribution in [0.25, 0.3) is 0 Å². The van der Waals surface area contributed by atoms with E-state index in [0.717, 1.165) is 13.3 Å². The first-order valence-electron chi connectivity index (χ1n) is 8.80. The molecular formula is C16H17F12NO. The lowest BCUT2D eigenvalue weighted by Gasteiger charge is -2.39. The van der Waals surface area contributed by atoms with Crippen molar-refractivity contribution in [2.24, 2.45) is 17.8 Å². The van der Waals surface area contributed by atoms with E-state index in [1.807, 2.05) is 0 Å². The van der Waals surface area contributed by atoms with Crippen LogP contribution in [-0.2, 0) is 4.79 Å². The average molecular weight is 467 g/mol. The molecule has 176 valence electrons. The van der Waals surface area contributed by atoms with Gasteiger partial charge in [0.1, 0.15) is 0 Å². The van der Waals surface area contributed by atoms with Gasteiger partial charge in [-0.15, -0.1) is 0 Å². The van der Waals surface area contributed by atoms with E-state index in [4.69, 9.17) is 0 Å². The quantitative estimate of drug-likeness (QED) is 0.478. The van der Waals surface area contributed by atoms with Crippen LogP contribution in [0.4, 0.5) is 52.7 Å². The standard InChI is InChI=1S/C16H17F12NO/c1-6(9-5-7-2-3-8(9)4-7)29-11(30)13(21,22)15(25,26)16(27,28)14(23,24)12(19,20)10(17)18/h6-10H,2-5H2,1H3,(H,29,30). The largest absolute Gasteiger partial charge is 0.392 e. The summed E-state index contributed by atoms with van der Waals surface area (Å²) in [7, 11) is 0. The summed E-state index contributed by atoms with van der Waals surface area (Å²) in [5.74, 6) is -39.8. The molecule has 0 radical (unpaired) electrons. The van der Waals surface area contributed by atoms with Gasteiger partial charge in [0.15, 0.2) is 0 Å². The van der Waals surface area contributed by atoms with Gasteiger partial charge in [-0.2, -0.15) is 43.9 Å². The number of hydrogen-bond donors (Lipinski definition) is 1. The monoisotopic (exact) mass is 467 g/mol. The van der Waals surface area contributed by atoms with Crippen molar-refractivity contribution >= 4 is 5.91 Å². The Hall–Kier alpha value is -1.37. The van der Waals surface area contributed by atoms with Crippen molar-refractivity contribution in [3.63, 3.8) is 0 Å². The van der Waals surface area contributed by atoms with Crippen LogP contribution in [-0.4, -0.2) is 48.0 Å². The third kappa shape index (κ3) is 3.41. The van der Waals surface area contributed by atoms with Gasteiger partial charge in [-0.1, -0.05) is 6.42 Å². The summed E-state index contributed by atoms with van der Waals surface area (Å²) in [5, 5.41) is 1.36. The highest BCUT2D eigenvalue weighted by atomic mass is 19.4. The number of hydrogen-bond acceptors (Lipinski definition) is 1. The lowest BCUT2D eigenvalue weighted by atomic mass is 9.83. The van der Waals surface area contributed by atoms with E-state index >= 15 is 0 Å². The summed E-state index contributed by atoms with van der Waals surface area (Å²) >= 11 is 0. The molecule has 0 aromatic rings. The Morgan fingerprint density at radius 1 is 0.833 bits per heavy atom. The maximum atomic E-state index is 13.8. The Bertz CT molecular complexity index is 665. The normalized spacial score (nSPS) is 26.9. The second-order valence-corrected chi connectivity index (χ2v) is 7.82. The molecule has 14 heteroatoms. The van der Waals surface area contributed by atoms with Crippen molar-refractivity contribution in [2.45, 2.75) is 74.7 Å². The molecule has 0 saturated heterocycles. The summed E-state index contributed by atoms with van der Waals surface area (Å²) in [4.78, 5) is 11.6. The summed E-state index contributed by atoms with van der Waals surface area (Å²) < 4.78 is 158. The van der Waals surface area contributed by atoms with Crippen molar-refractivity contribution in [1.29, 1.82) is 0 Å². The molecule has 0 aromatic carbocycles. The van der Waals surface area contributed by atoms with E-state index < -0.39 is 53.9 Å². The molecule has 0 heterocycles. The van der Waals surface area contributed by atoms with Crippen LogP contribution in [0.2, 0.25) is 0 Å². The molecule has 1 N–H and O–H groups in total. The number of fused-ring (bicyclic) bond motifs is 2. The van der Waals surface area contributed by atoms with Crippen LogP contribution in [0.15, 0.2) is 0 Å². The predicted molar refractivity (Wildman–Crippen MR) is 77.3 cm³/mol. The van der Waals surface area contributed by atoms with Crippen LogP contribution < -0.4 is 5.32 Å². The molecule has 0 spiro atoms. The van der Waals surface area contributed by atoms with Gasteiger partial charge in [-0.05, 0) is 43.9 Å². The van der Waals surface area contributed by atoms with E-state index in [0.29, 0.717) is 19.3 Å². The molecule has 0 aromatic heterocycles. The zero-order chi connectivity index (χ0) is 23.5. The zero-order valence-electron chi connectivity index (χ0n) is 15.2. The highest BCUT2D eigenvalue weighted by Crippen LogP contribution is 2.58. The molecular weight excluding hydrogens is 450 g/mol. The molecule has 4 unspecified atom stereocenters. The maximum Gasteiger partial charge on any atom is 0.392 e. The number of rotatable bonds is 8. The second kappa shape index (κ2) is 7.35. The second-order valence-electron chi connectivity index (χ2n) is 7.82. The highest BCUT2D eigenvalue weighted by molar-refractivity contribution is 5.85. The van der Waals surface area contributed by atoms with E-state index in [1.54, 1.807) is 0 Å². The minimum Gasteiger partial charge on any atom is -0.348 e. The minimum absolute atomic E-state index is 0.0464. The van der Waals surface area contributed by atoms with Crippen LogP contribution in [0.5, 0.6) is 0 Å². The van der Waals surface area contributed by atoms with Crippen molar-refractivity contribution in [3.8, 4) is 0 Å². The number of carbonyl (C=O) groups is 1. The van der Waals surface area contributed by atoms with E-state index in [-0.39, 0.29) is 11.8 Å². The number of amides is 1. The summed E-state index contributed by atoms with van der Waals surface area (Å²) in [6.45, 7) is 1.12. The molecule has 2 aliphatic rings. The van der Waals surface area contributed by atoms with Gasteiger partial charge in [-0.25, -0.2) is 8.78 Å². The van der Waals surface area contributed by atoms with Gasteiger partial charge in [-0.3, -0.25) is 4.79 Å². The first kappa shape index (κ1) is 24.9. The fourth-order valence-corrected chi connectivity index (χ4v) is 4.19. The van der Waals surface area contributed by atoms with Crippen molar-refractivity contribution < 1.29 is 57.5 Å². The Balaban J connectivity index is 2.26. The van der Waals surface area contributed by atoms with Crippen LogP contribution in [0.3, 0.4) is 0 Å². The van der Waals surface area contributed by atoms with Crippen LogP contribution in [0.1, 0.15) is 32.6 Å². The maximum absolute atomic E-state index is 13.8. The predicted octanol–water partition coefficient (Wildman–Crippen LogP) is 5.37. The van der Waals surface area contributed by atoms with E-state index in [2.05, 4.69) is 0 Å². The fourth-order valence-electron chi connectivity index (χ4n) is 4.19. The summed E-state index contributed by atoms with van der Waals surface area (Å²) in [5.41, 5.74) is 0. The fraction of sp³-hybridized carbons (Fsp3) is 0.938. The van der Waals surface area contributed by atoms with Gasteiger partial charge in [0, 0.05) is 6.04 Å². The van der Waals surface area contributed by atoms with Crippen molar-refractivity contribution in [3.05, 3.63) is 0 Å². The Labute approximate surface area is 162 Å². The minimum atomic E-state index is -7.70. The lowest BCUT2D eigenvalue weighted by Crippen LogP contribution is -2.71. The molecule has 0 aliphatic heterocycles. The molecule has 2 fully saturated rings. The highest BCUT2D eigenvalue weighted by Gasteiger charge is 2.89. The SMILES string of the molecule is CC(NC(=O)C(F)(F)C(F)(F)C(F)(F)C(F)(F)C(F)(F)C(F)F)C1CC2CCC1C2. The number of alkyl halides is 12. The average Bonchev–Trinajstić information content (AvgIpc) is 3.23. The Kier molecular flexibility index (Phi) is 6.10. The topological polar surface area (TPSA) is 29.1 Å². The van der Waals surface area contributed by atoms with Crippen molar-refractivity contribution in [1.82, 2.24) is 5.32 Å². The number of halogens is 12. The lowest BCUT2D eigenvalue weighted by molar-refractivity contribution is -0.407. The van der Waals surface area contributed by atoms with Gasteiger partial charge in [0.05, 0.1) is 0 Å².